The van der Waals surface area contributed by atoms with Gasteiger partial charge in [0.25, 0.3) is 0 Å². The molecule has 3 unspecified atom stereocenters. The van der Waals surface area contributed by atoms with Crippen molar-refractivity contribution in [3.05, 3.63) is 66.8 Å². The number of hydrogen-bond donors (Lipinski definition) is 1. The number of carboxylic acids is 1. The second-order valence-corrected chi connectivity index (χ2v) is 13.0. The van der Waals surface area contributed by atoms with E-state index in [1.807, 2.05) is 20.8 Å². The van der Waals surface area contributed by atoms with Gasteiger partial charge in [0, 0.05) is 0 Å². The summed E-state index contributed by atoms with van der Waals surface area (Å²) < 4.78 is 61.5. The highest BCUT2D eigenvalue weighted by Gasteiger charge is 2.72. The zero-order chi connectivity index (χ0) is 29.0. The van der Waals surface area contributed by atoms with Crippen LogP contribution in [0.5, 0.6) is 0 Å². The molecule has 1 aliphatic carbocycles. The molecule has 1 heterocycles. The van der Waals surface area contributed by atoms with Gasteiger partial charge in [-0.05, 0) is 87.8 Å². The van der Waals surface area contributed by atoms with Gasteiger partial charge in [0.2, 0.25) is 0 Å². The molecule has 39 heavy (non-hydrogen) atoms. The Morgan fingerprint density at radius 1 is 1.13 bits per heavy atom. The predicted molar refractivity (Wildman–Crippen MR) is 150 cm³/mol. The van der Waals surface area contributed by atoms with Crippen molar-refractivity contribution < 1.29 is 27.5 Å². The van der Waals surface area contributed by atoms with E-state index in [1.165, 1.54) is 12.1 Å². The zero-order valence-corrected chi connectivity index (χ0v) is 25.2. The maximum absolute atomic E-state index is 15.8. The summed E-state index contributed by atoms with van der Waals surface area (Å²) in [5.74, 6) is -5.07. The lowest BCUT2D eigenvalue weighted by Gasteiger charge is -2.48. The topological polar surface area (TPSA) is 49.7 Å². The first-order chi connectivity index (χ1) is 18.1. The Hall–Kier alpha value is -1.35. The molecule has 0 spiro atoms. The van der Waals surface area contributed by atoms with Crippen LogP contribution < -0.4 is 0 Å². The van der Waals surface area contributed by atoms with E-state index in [0.29, 0.717) is 12.8 Å². The molecule has 11 heteroatoms. The molecule has 0 aromatic heterocycles. The third-order valence-corrected chi connectivity index (χ3v) is 10.2. The summed E-state index contributed by atoms with van der Waals surface area (Å²) in [5.41, 5.74) is -3.61. The van der Waals surface area contributed by atoms with Crippen LogP contribution in [0.15, 0.2) is 39.8 Å². The molecule has 1 fully saturated rings. The van der Waals surface area contributed by atoms with Crippen molar-refractivity contribution >= 4 is 62.4 Å². The number of benzene rings is 2. The van der Waals surface area contributed by atoms with E-state index in [-0.39, 0.29) is 48.6 Å². The molecule has 6 atom stereocenters. The average molecular weight is 672 g/mol. The quantitative estimate of drug-likeness (QED) is 0.254. The number of alkyl halides is 3. The first-order valence-corrected chi connectivity index (χ1v) is 14.5. The van der Waals surface area contributed by atoms with Crippen LogP contribution in [-0.2, 0) is 10.2 Å². The van der Waals surface area contributed by atoms with Gasteiger partial charge >= 0.3 is 12.1 Å². The molecule has 0 amide bonds. The Balaban J connectivity index is 2.11. The number of aliphatic carboxylic acids is 1. The van der Waals surface area contributed by atoms with E-state index < -0.39 is 46.8 Å². The smallest absolute Gasteiger partial charge is 0.401 e. The maximum atomic E-state index is 15.8. The first kappa shape index (κ1) is 30.6. The van der Waals surface area contributed by atoms with Crippen LogP contribution in [0.3, 0.4) is 0 Å². The highest BCUT2D eigenvalue weighted by molar-refractivity contribution is 9.10. The largest absolute Gasteiger partial charge is 0.481 e. The molecule has 1 N–H and O–H groups in total. The molecule has 2 aromatic rings. The number of aliphatic imine (C=N–C) groups is 1. The molecule has 1 aliphatic heterocycles. The fourth-order valence-corrected chi connectivity index (χ4v) is 7.60. The third kappa shape index (κ3) is 5.24. The van der Waals surface area contributed by atoms with Crippen molar-refractivity contribution in [2.45, 2.75) is 57.7 Å². The van der Waals surface area contributed by atoms with Gasteiger partial charge in [0.15, 0.2) is 0 Å². The van der Waals surface area contributed by atoms with Gasteiger partial charge in [0.1, 0.15) is 17.2 Å². The van der Waals surface area contributed by atoms with E-state index in [0.717, 1.165) is 24.6 Å². The molecule has 1 saturated carbocycles. The van der Waals surface area contributed by atoms with Gasteiger partial charge in [-0.3, -0.25) is 9.79 Å². The number of carboxylic acid groups (broad SMARTS) is 1. The molecular weight excluding hydrogens is 645 g/mol. The van der Waals surface area contributed by atoms with Crippen molar-refractivity contribution in [3.63, 3.8) is 0 Å². The molecular formula is C28H27BrCl3F4NO2. The lowest BCUT2D eigenvalue weighted by Crippen LogP contribution is -2.59. The number of carbonyl (C=O) groups is 1. The third-order valence-electron chi connectivity index (χ3n) is 8.35. The Labute approximate surface area is 248 Å². The van der Waals surface area contributed by atoms with Crippen LogP contribution in [0.2, 0.25) is 15.1 Å². The monoisotopic (exact) mass is 669 g/mol. The van der Waals surface area contributed by atoms with Gasteiger partial charge in [-0.2, -0.15) is 13.2 Å². The van der Waals surface area contributed by atoms with Crippen molar-refractivity contribution in [3.8, 4) is 0 Å². The molecule has 0 bridgehead atoms. The summed E-state index contributed by atoms with van der Waals surface area (Å²) in [5, 5.41) is 9.94. The zero-order valence-electron chi connectivity index (χ0n) is 21.3. The van der Waals surface area contributed by atoms with E-state index in [9.17, 15) is 14.3 Å². The molecule has 0 saturated heterocycles. The van der Waals surface area contributed by atoms with Crippen molar-refractivity contribution in [1.82, 2.24) is 0 Å². The van der Waals surface area contributed by atoms with Gasteiger partial charge in [-0.1, -0.05) is 68.1 Å². The van der Waals surface area contributed by atoms with Gasteiger partial charge < -0.3 is 5.11 Å². The minimum atomic E-state index is -5.09. The van der Waals surface area contributed by atoms with Crippen LogP contribution in [0.4, 0.5) is 17.6 Å². The lowest BCUT2D eigenvalue weighted by molar-refractivity contribution is -0.214. The fourth-order valence-electron chi connectivity index (χ4n) is 6.62. The summed E-state index contributed by atoms with van der Waals surface area (Å²) in [4.78, 5) is 17.6. The standard InChI is InChI=1S/C28H27BrCl3F4NO2/c1-12(2)16-6-4-13(3)8-17(16)25-27(28(34,35)36,15-10-19(30)23(32)20(31)11-15)22(26(38)39)24(37-25)14-5-7-21(33)18(29)9-14/h5,7,9-13,16-17,22,25H,4,6,8H2,1-3H3,(H,38,39)/t13-,16?,17+,22?,25-,27?/m0/s1. The van der Waals surface area contributed by atoms with Crippen molar-refractivity contribution in [2.75, 3.05) is 0 Å². The number of nitrogens with zero attached hydrogens (tertiary/aromatic N) is 1. The van der Waals surface area contributed by atoms with Crippen LogP contribution in [0, 0.1) is 35.4 Å². The van der Waals surface area contributed by atoms with Gasteiger partial charge in [-0.15, -0.1) is 0 Å². The number of halogens is 8. The Morgan fingerprint density at radius 3 is 2.26 bits per heavy atom. The Morgan fingerprint density at radius 2 is 1.74 bits per heavy atom. The second kappa shape index (κ2) is 11.1. The van der Waals surface area contributed by atoms with E-state index in [1.54, 1.807) is 0 Å². The first-order valence-electron chi connectivity index (χ1n) is 12.6. The summed E-state index contributed by atoms with van der Waals surface area (Å²) in [6.45, 7) is 5.91. The highest BCUT2D eigenvalue weighted by Crippen LogP contribution is 2.60. The predicted octanol–water partition coefficient (Wildman–Crippen LogP) is 9.63. The van der Waals surface area contributed by atoms with Crippen LogP contribution >= 0.6 is 50.7 Å². The van der Waals surface area contributed by atoms with Crippen LogP contribution in [0.1, 0.15) is 51.2 Å². The van der Waals surface area contributed by atoms with Gasteiger partial charge in [0.05, 0.1) is 31.3 Å². The Bertz CT molecular complexity index is 1300. The molecule has 2 aromatic carbocycles. The average Bonchev–Trinajstić information content (AvgIpc) is 3.21. The van der Waals surface area contributed by atoms with Crippen LogP contribution in [0.25, 0.3) is 0 Å². The second-order valence-electron chi connectivity index (χ2n) is 11.0. The minimum Gasteiger partial charge on any atom is -0.481 e. The summed E-state index contributed by atoms with van der Waals surface area (Å²) in [7, 11) is 0. The lowest BCUT2D eigenvalue weighted by atomic mass is 9.57. The molecule has 0 radical (unpaired) electrons. The number of hydrogen-bond acceptors (Lipinski definition) is 2. The van der Waals surface area contributed by atoms with Crippen molar-refractivity contribution in [1.29, 1.82) is 0 Å². The normalized spacial score (nSPS) is 29.5. The molecule has 4 rings (SSSR count). The molecule has 2 aliphatic rings. The fraction of sp³-hybridized carbons (Fsp3) is 0.500. The molecule has 3 nitrogen and oxygen atoms in total. The van der Waals surface area contributed by atoms with E-state index in [2.05, 4.69) is 20.9 Å². The SMILES string of the molecule is CC(C)C1CC[C@H](C)C[C@H]1[C@@H]1N=C(c2ccc(F)c(Br)c2)C(C(=O)O)C1(c1cc(Cl)c(Cl)c(Cl)c1)C(F)(F)F. The Kier molecular flexibility index (Phi) is 8.75. The van der Waals surface area contributed by atoms with E-state index in [4.69, 9.17) is 34.8 Å². The summed E-state index contributed by atoms with van der Waals surface area (Å²) >= 11 is 21.7. The minimum absolute atomic E-state index is 0.0168. The van der Waals surface area contributed by atoms with Crippen molar-refractivity contribution in [2.24, 2.45) is 34.6 Å². The molecule has 212 valence electrons. The highest BCUT2D eigenvalue weighted by atomic mass is 79.9. The van der Waals surface area contributed by atoms with Crippen LogP contribution in [-0.4, -0.2) is 29.0 Å². The summed E-state index contributed by atoms with van der Waals surface area (Å²) in [6.07, 6.45) is -3.10. The number of rotatable bonds is 5. The van der Waals surface area contributed by atoms with Gasteiger partial charge in [-0.25, -0.2) is 4.39 Å². The van der Waals surface area contributed by atoms with E-state index >= 15 is 13.2 Å². The summed E-state index contributed by atoms with van der Waals surface area (Å²) in [6, 6.07) is 4.20. The maximum Gasteiger partial charge on any atom is 0.401 e.